The second kappa shape index (κ2) is 8.11. The van der Waals surface area contributed by atoms with E-state index < -0.39 is 6.09 Å². The summed E-state index contributed by atoms with van der Waals surface area (Å²) in [4.78, 5) is 22.0. The molecule has 5 heteroatoms. The van der Waals surface area contributed by atoms with Crippen LogP contribution in [0.3, 0.4) is 0 Å². The fourth-order valence-electron chi connectivity index (χ4n) is 1.21. The number of nitrogens with one attached hydrogen (secondary N) is 1. The first-order chi connectivity index (χ1) is 8.72. The van der Waals surface area contributed by atoms with E-state index in [0.717, 1.165) is 5.56 Å². The summed E-state index contributed by atoms with van der Waals surface area (Å²) in [5, 5.41) is 2.44. The Balaban J connectivity index is 2.09. The predicted molar refractivity (Wildman–Crippen MR) is 65.3 cm³/mol. The molecule has 0 fully saturated rings. The van der Waals surface area contributed by atoms with E-state index in [4.69, 9.17) is 4.74 Å². The number of alkyl carbamates (subject to hydrolysis) is 1. The Hall–Kier alpha value is -2.04. The lowest BCUT2D eigenvalue weighted by Gasteiger charge is -2.06. The van der Waals surface area contributed by atoms with Crippen LogP contribution < -0.4 is 5.32 Å². The molecule has 1 amide bonds. The third-order valence-corrected chi connectivity index (χ3v) is 2.15. The molecule has 0 aliphatic rings. The molecule has 0 aromatic heterocycles. The molecule has 5 nitrogen and oxygen atoms in total. The van der Waals surface area contributed by atoms with Crippen molar-refractivity contribution < 1.29 is 19.1 Å². The Bertz CT molecular complexity index is 378. The van der Waals surface area contributed by atoms with Crippen molar-refractivity contribution in [2.75, 3.05) is 7.11 Å². The van der Waals surface area contributed by atoms with Gasteiger partial charge in [0, 0.05) is 6.42 Å². The van der Waals surface area contributed by atoms with Crippen molar-refractivity contribution in [3.05, 3.63) is 42.4 Å². The topological polar surface area (TPSA) is 64.6 Å². The molecular formula is C13H16NO4. The number of methoxy groups -OCH3 is 1. The number of carbonyl (C=O) groups is 2. The van der Waals surface area contributed by atoms with E-state index in [0.29, 0.717) is 6.42 Å². The summed E-state index contributed by atoms with van der Waals surface area (Å²) in [5.74, 6) is -0.314. The molecular weight excluding hydrogens is 234 g/mol. The van der Waals surface area contributed by atoms with E-state index in [1.807, 2.05) is 30.3 Å². The molecule has 0 unspecified atom stereocenters. The van der Waals surface area contributed by atoms with Gasteiger partial charge in [-0.3, -0.25) is 4.79 Å². The highest BCUT2D eigenvalue weighted by molar-refractivity contribution is 5.70. The maximum Gasteiger partial charge on any atom is 0.407 e. The number of amides is 1. The van der Waals surface area contributed by atoms with Gasteiger partial charge < -0.3 is 14.8 Å². The normalized spacial score (nSPS) is 9.61. The number of rotatable bonds is 6. The Kier molecular flexibility index (Phi) is 6.32. The zero-order valence-corrected chi connectivity index (χ0v) is 10.2. The molecule has 0 heterocycles. The largest absolute Gasteiger partial charge is 0.469 e. The Morgan fingerprint density at radius 1 is 1.28 bits per heavy atom. The van der Waals surface area contributed by atoms with E-state index in [1.165, 1.54) is 13.7 Å². The Morgan fingerprint density at radius 3 is 2.67 bits per heavy atom. The van der Waals surface area contributed by atoms with Crippen molar-refractivity contribution in [2.45, 2.75) is 19.4 Å². The predicted octanol–water partition coefficient (Wildman–Crippen LogP) is 2.03. The van der Waals surface area contributed by atoms with E-state index in [-0.39, 0.29) is 19.0 Å². The molecule has 1 aromatic rings. The number of carbonyl (C=O) groups excluding carboxylic acids is 2. The third-order valence-electron chi connectivity index (χ3n) is 2.15. The van der Waals surface area contributed by atoms with Crippen LogP contribution in [-0.2, 0) is 20.9 Å². The molecule has 1 radical (unpaired) electrons. The van der Waals surface area contributed by atoms with Gasteiger partial charge in [-0.05, 0) is 12.0 Å². The van der Waals surface area contributed by atoms with Crippen LogP contribution in [0.2, 0.25) is 0 Å². The van der Waals surface area contributed by atoms with Gasteiger partial charge in [-0.15, -0.1) is 0 Å². The summed E-state index contributed by atoms with van der Waals surface area (Å²) in [6.45, 7) is 1.70. The zero-order chi connectivity index (χ0) is 13.2. The zero-order valence-electron chi connectivity index (χ0n) is 10.2. The molecule has 1 aromatic carbocycles. The van der Waals surface area contributed by atoms with Gasteiger partial charge >= 0.3 is 12.1 Å². The maximum atomic E-state index is 11.2. The summed E-state index contributed by atoms with van der Waals surface area (Å²) >= 11 is 0. The molecule has 0 saturated carbocycles. The first-order valence-electron chi connectivity index (χ1n) is 5.58. The molecule has 0 atom stereocenters. The summed E-state index contributed by atoms with van der Waals surface area (Å²) < 4.78 is 9.42. The molecule has 0 aliphatic carbocycles. The van der Waals surface area contributed by atoms with E-state index in [9.17, 15) is 9.59 Å². The molecule has 1 rings (SSSR count). The van der Waals surface area contributed by atoms with Crippen LogP contribution in [0.25, 0.3) is 0 Å². The molecule has 0 saturated heterocycles. The van der Waals surface area contributed by atoms with E-state index in [1.54, 1.807) is 0 Å². The first kappa shape index (κ1) is 14.0. The van der Waals surface area contributed by atoms with E-state index >= 15 is 0 Å². The minimum Gasteiger partial charge on any atom is -0.469 e. The summed E-state index contributed by atoms with van der Waals surface area (Å²) in [6.07, 6.45) is 0.103. The van der Waals surface area contributed by atoms with Gasteiger partial charge in [0.2, 0.25) is 0 Å². The number of hydrogen-bond acceptors (Lipinski definition) is 4. The van der Waals surface area contributed by atoms with Gasteiger partial charge in [0.1, 0.15) is 6.61 Å². The second-order valence-electron chi connectivity index (χ2n) is 3.53. The summed E-state index contributed by atoms with van der Waals surface area (Å²) in [7, 11) is 1.32. The maximum absolute atomic E-state index is 11.2. The van der Waals surface area contributed by atoms with Crippen LogP contribution >= 0.6 is 0 Å². The lowest BCUT2D eigenvalue weighted by Crippen LogP contribution is -2.21. The van der Waals surface area contributed by atoms with Crippen molar-refractivity contribution in [1.29, 1.82) is 0 Å². The van der Waals surface area contributed by atoms with Crippen LogP contribution in [-0.4, -0.2) is 19.2 Å². The van der Waals surface area contributed by atoms with E-state index in [2.05, 4.69) is 10.1 Å². The average molecular weight is 250 g/mol. The van der Waals surface area contributed by atoms with Crippen molar-refractivity contribution in [3.8, 4) is 0 Å². The lowest BCUT2D eigenvalue weighted by molar-refractivity contribution is -0.140. The number of ether oxygens (including phenoxy) is 2. The van der Waals surface area contributed by atoms with Gasteiger partial charge in [-0.1, -0.05) is 30.3 Å². The smallest absolute Gasteiger partial charge is 0.407 e. The fourth-order valence-corrected chi connectivity index (χ4v) is 1.21. The molecule has 97 valence electrons. The van der Waals surface area contributed by atoms with Crippen LogP contribution in [0, 0.1) is 6.54 Å². The molecule has 0 bridgehead atoms. The molecule has 1 N–H and O–H groups in total. The fraction of sp³-hybridized carbons (Fsp3) is 0.308. The van der Waals surface area contributed by atoms with Gasteiger partial charge in [-0.25, -0.2) is 4.79 Å². The standard InChI is InChI=1S/C13H16NO4/c1-17-12(15)8-5-9-14-13(16)18-10-11-6-3-2-4-7-11/h2-4,6-7,9H,5,8,10H2,1H3,(H,14,16). The summed E-state index contributed by atoms with van der Waals surface area (Å²) in [6, 6.07) is 9.38. The van der Waals surface area contributed by atoms with Crippen LogP contribution in [0.4, 0.5) is 4.79 Å². The highest BCUT2D eigenvalue weighted by Crippen LogP contribution is 2.01. The SMILES string of the molecule is COC(=O)CC[CH]NC(=O)OCc1ccccc1. The average Bonchev–Trinajstić information content (AvgIpc) is 2.42. The highest BCUT2D eigenvalue weighted by atomic mass is 16.5. The van der Waals surface area contributed by atoms with Crippen LogP contribution in [0.15, 0.2) is 30.3 Å². The van der Waals surface area contributed by atoms with Crippen molar-refractivity contribution in [2.24, 2.45) is 0 Å². The minimum absolute atomic E-state index is 0.220. The summed E-state index contributed by atoms with van der Waals surface area (Å²) in [5.41, 5.74) is 0.919. The van der Waals surface area contributed by atoms with Crippen molar-refractivity contribution in [1.82, 2.24) is 5.32 Å². The van der Waals surface area contributed by atoms with Gasteiger partial charge in [0.15, 0.2) is 0 Å². The van der Waals surface area contributed by atoms with Crippen LogP contribution in [0.5, 0.6) is 0 Å². The minimum atomic E-state index is -0.538. The monoisotopic (exact) mass is 250 g/mol. The number of esters is 1. The number of benzene rings is 1. The lowest BCUT2D eigenvalue weighted by atomic mass is 10.2. The van der Waals surface area contributed by atoms with Gasteiger partial charge in [0.25, 0.3) is 0 Å². The number of hydrogen-bond donors (Lipinski definition) is 1. The molecule has 0 aliphatic heterocycles. The van der Waals surface area contributed by atoms with Gasteiger partial charge in [0.05, 0.1) is 13.7 Å². The van der Waals surface area contributed by atoms with Crippen molar-refractivity contribution >= 4 is 12.1 Å². The Labute approximate surface area is 106 Å². The highest BCUT2D eigenvalue weighted by Gasteiger charge is 2.04. The van der Waals surface area contributed by atoms with Gasteiger partial charge in [-0.2, -0.15) is 0 Å². The third kappa shape index (κ3) is 5.89. The Morgan fingerprint density at radius 2 is 2.00 bits per heavy atom. The molecule has 18 heavy (non-hydrogen) atoms. The first-order valence-corrected chi connectivity index (χ1v) is 5.58. The van der Waals surface area contributed by atoms with Crippen LogP contribution in [0.1, 0.15) is 18.4 Å². The van der Waals surface area contributed by atoms with Crippen molar-refractivity contribution in [3.63, 3.8) is 0 Å². The second-order valence-corrected chi connectivity index (χ2v) is 3.53. The molecule has 0 spiro atoms. The quantitative estimate of drug-likeness (QED) is 0.619.